The normalized spacial score (nSPS) is 26.9. The molecule has 0 aliphatic carbocycles. The number of ether oxygens (including phenoxy) is 1. The van der Waals surface area contributed by atoms with Gasteiger partial charge in [0.25, 0.3) is 6.49 Å². The third-order valence-corrected chi connectivity index (χ3v) is 10.4. The van der Waals surface area contributed by atoms with Crippen molar-refractivity contribution in [2.45, 2.75) is 26.0 Å². The molecule has 1 saturated heterocycles. The Balaban J connectivity index is 2.39. The molecule has 0 aromatic heterocycles. The number of nitrogens with zero attached hydrogens (tertiary/aromatic N) is 1. The molecule has 6 heteroatoms. The van der Waals surface area contributed by atoms with Gasteiger partial charge in [-0.15, -0.1) is 0 Å². The standard InChI is InChI=1S/C14H20NO2PS2/c1-14(2,3)12-13(19)15(4)18(16,20-12)11-8-6-10(17-5)7-9-11/h6-9,12H,1-5H3. The highest BCUT2D eigenvalue weighted by Crippen LogP contribution is 2.69. The molecule has 1 heterocycles. The molecule has 0 spiro atoms. The molecule has 0 N–H and O–H groups in total. The van der Waals surface area contributed by atoms with Gasteiger partial charge in [-0.1, -0.05) is 44.4 Å². The molecular formula is C14H20NO2PS2. The van der Waals surface area contributed by atoms with Gasteiger partial charge in [0.05, 0.1) is 17.3 Å². The molecule has 0 saturated carbocycles. The lowest BCUT2D eigenvalue weighted by Crippen LogP contribution is -2.32. The fourth-order valence-corrected chi connectivity index (χ4v) is 9.27. The van der Waals surface area contributed by atoms with E-state index in [0.717, 1.165) is 16.0 Å². The lowest BCUT2D eigenvalue weighted by Gasteiger charge is -2.25. The number of hydrogen-bond acceptors (Lipinski definition) is 4. The van der Waals surface area contributed by atoms with Crippen molar-refractivity contribution in [3.63, 3.8) is 0 Å². The maximum atomic E-state index is 13.4. The second kappa shape index (κ2) is 5.36. The van der Waals surface area contributed by atoms with Gasteiger partial charge in [-0.05, 0) is 29.7 Å². The van der Waals surface area contributed by atoms with E-state index in [9.17, 15) is 4.57 Å². The summed E-state index contributed by atoms with van der Waals surface area (Å²) < 4.78 is 20.3. The van der Waals surface area contributed by atoms with Crippen LogP contribution in [0.4, 0.5) is 0 Å². The van der Waals surface area contributed by atoms with E-state index in [1.54, 1.807) is 11.8 Å². The van der Waals surface area contributed by atoms with Gasteiger partial charge in [-0.25, -0.2) is 0 Å². The van der Waals surface area contributed by atoms with Crippen LogP contribution in [0.2, 0.25) is 0 Å². The first kappa shape index (κ1) is 15.9. The molecule has 0 amide bonds. The van der Waals surface area contributed by atoms with E-state index in [4.69, 9.17) is 17.0 Å². The summed E-state index contributed by atoms with van der Waals surface area (Å²) in [5.74, 6) is 0.766. The SMILES string of the molecule is COc1ccc(P2(=O)SC(C(C)(C)C)C(=S)N2C)cc1. The summed E-state index contributed by atoms with van der Waals surface area (Å²) in [5.41, 5.74) is -0.00532. The first-order valence-electron chi connectivity index (χ1n) is 6.41. The van der Waals surface area contributed by atoms with Crippen LogP contribution in [0.25, 0.3) is 0 Å². The quantitative estimate of drug-likeness (QED) is 0.606. The second-order valence-corrected chi connectivity index (χ2v) is 11.3. The topological polar surface area (TPSA) is 29.5 Å². The molecule has 20 heavy (non-hydrogen) atoms. The Labute approximate surface area is 130 Å². The predicted octanol–water partition coefficient (Wildman–Crippen LogP) is 3.93. The number of hydrogen-bond donors (Lipinski definition) is 0. The molecule has 0 radical (unpaired) electrons. The summed E-state index contributed by atoms with van der Waals surface area (Å²) in [6.45, 7) is 3.70. The van der Waals surface area contributed by atoms with Crippen LogP contribution in [0.1, 0.15) is 20.8 Å². The van der Waals surface area contributed by atoms with Crippen molar-refractivity contribution in [3.8, 4) is 5.75 Å². The van der Waals surface area contributed by atoms with E-state index >= 15 is 0 Å². The highest BCUT2D eigenvalue weighted by molar-refractivity contribution is 8.61. The van der Waals surface area contributed by atoms with Crippen LogP contribution >= 0.6 is 30.1 Å². The van der Waals surface area contributed by atoms with Crippen molar-refractivity contribution < 1.29 is 9.30 Å². The average Bonchev–Trinajstić information content (AvgIpc) is 2.64. The fraction of sp³-hybridized carbons (Fsp3) is 0.500. The summed E-state index contributed by atoms with van der Waals surface area (Å²) in [6.07, 6.45) is 0. The Hall–Kier alpha value is -0.510. The van der Waals surface area contributed by atoms with E-state index in [1.165, 1.54) is 11.4 Å². The van der Waals surface area contributed by atoms with Crippen molar-refractivity contribution in [1.29, 1.82) is 0 Å². The number of methoxy groups -OCH3 is 1. The van der Waals surface area contributed by atoms with Crippen LogP contribution in [0.5, 0.6) is 5.75 Å². The third-order valence-electron chi connectivity index (χ3n) is 3.37. The molecule has 2 unspecified atom stereocenters. The first-order valence-corrected chi connectivity index (χ1v) is 9.96. The monoisotopic (exact) mass is 329 g/mol. The van der Waals surface area contributed by atoms with E-state index in [2.05, 4.69) is 20.8 Å². The lowest BCUT2D eigenvalue weighted by atomic mass is 9.91. The van der Waals surface area contributed by atoms with Gasteiger partial charge in [-0.2, -0.15) is 0 Å². The van der Waals surface area contributed by atoms with Crippen molar-refractivity contribution >= 4 is 40.4 Å². The summed E-state index contributed by atoms with van der Waals surface area (Å²) in [5, 5.41) is 0.912. The van der Waals surface area contributed by atoms with Crippen molar-refractivity contribution in [1.82, 2.24) is 4.67 Å². The lowest BCUT2D eigenvalue weighted by molar-refractivity contribution is 0.415. The van der Waals surface area contributed by atoms with Gasteiger partial charge in [0.15, 0.2) is 0 Å². The fourth-order valence-electron chi connectivity index (χ4n) is 2.09. The molecule has 1 aromatic carbocycles. The zero-order chi connectivity index (χ0) is 15.1. The Morgan fingerprint density at radius 2 is 1.85 bits per heavy atom. The average molecular weight is 329 g/mol. The predicted molar refractivity (Wildman–Crippen MR) is 91.4 cm³/mol. The van der Waals surface area contributed by atoms with Crippen molar-refractivity contribution in [2.24, 2.45) is 5.41 Å². The molecule has 3 nitrogen and oxygen atoms in total. The van der Waals surface area contributed by atoms with Crippen molar-refractivity contribution in [2.75, 3.05) is 14.2 Å². The highest BCUT2D eigenvalue weighted by atomic mass is 32.7. The minimum Gasteiger partial charge on any atom is -0.497 e. The first-order chi connectivity index (χ1) is 9.20. The smallest absolute Gasteiger partial charge is 0.255 e. The summed E-state index contributed by atoms with van der Waals surface area (Å²) >= 11 is 7.02. The van der Waals surface area contributed by atoms with Crippen molar-refractivity contribution in [3.05, 3.63) is 24.3 Å². The molecule has 1 aromatic rings. The minimum absolute atomic E-state index is 0.00532. The third kappa shape index (κ3) is 2.63. The molecular weight excluding hydrogens is 309 g/mol. The Morgan fingerprint density at radius 1 is 1.30 bits per heavy atom. The van der Waals surface area contributed by atoms with E-state index in [1.807, 2.05) is 31.3 Å². The van der Waals surface area contributed by atoms with E-state index in [0.29, 0.717) is 0 Å². The van der Waals surface area contributed by atoms with E-state index in [-0.39, 0.29) is 10.7 Å². The Kier molecular flexibility index (Phi) is 4.25. The van der Waals surface area contributed by atoms with Crippen LogP contribution in [-0.2, 0) is 4.57 Å². The second-order valence-electron chi connectivity index (χ2n) is 5.93. The largest absolute Gasteiger partial charge is 0.497 e. The maximum Gasteiger partial charge on any atom is 0.255 e. The molecule has 110 valence electrons. The molecule has 2 atom stereocenters. The van der Waals surface area contributed by atoms with Crippen LogP contribution in [0.3, 0.4) is 0 Å². The number of benzene rings is 1. The molecule has 1 aliphatic heterocycles. The molecule has 1 fully saturated rings. The molecule has 1 aliphatic rings. The number of thiocarbonyl (C=S) groups is 1. The Bertz CT molecular complexity index is 566. The minimum atomic E-state index is -2.70. The van der Waals surface area contributed by atoms with Crippen LogP contribution in [-0.4, -0.2) is 29.1 Å². The van der Waals surface area contributed by atoms with Crippen LogP contribution in [0.15, 0.2) is 24.3 Å². The van der Waals surface area contributed by atoms with E-state index < -0.39 is 6.49 Å². The van der Waals surface area contributed by atoms with Gasteiger partial charge in [0, 0.05) is 12.4 Å². The van der Waals surface area contributed by atoms with Crippen LogP contribution in [0, 0.1) is 5.41 Å². The van der Waals surface area contributed by atoms with Gasteiger partial charge in [0.2, 0.25) is 0 Å². The van der Waals surface area contributed by atoms with Gasteiger partial charge >= 0.3 is 0 Å². The number of rotatable bonds is 2. The molecule has 2 rings (SSSR count). The zero-order valence-corrected chi connectivity index (χ0v) is 14.9. The summed E-state index contributed by atoms with van der Waals surface area (Å²) in [6, 6.07) is 7.43. The molecule has 0 bridgehead atoms. The zero-order valence-electron chi connectivity index (χ0n) is 12.4. The van der Waals surface area contributed by atoms with Gasteiger partial charge in [0.1, 0.15) is 5.75 Å². The summed E-state index contributed by atoms with van der Waals surface area (Å²) in [4.78, 5) is 0.779. The maximum absolute atomic E-state index is 13.4. The van der Waals surface area contributed by atoms with Crippen LogP contribution < -0.4 is 10.0 Å². The Morgan fingerprint density at radius 3 is 2.25 bits per heavy atom. The highest BCUT2D eigenvalue weighted by Gasteiger charge is 2.49. The van der Waals surface area contributed by atoms with Gasteiger partial charge < -0.3 is 9.41 Å². The summed E-state index contributed by atoms with van der Waals surface area (Å²) in [7, 11) is 3.46. The van der Waals surface area contributed by atoms with Gasteiger partial charge in [-0.3, -0.25) is 4.57 Å².